The van der Waals surface area contributed by atoms with Gasteiger partial charge in [-0.05, 0) is 24.3 Å². The molecule has 1 heterocycles. The zero-order chi connectivity index (χ0) is 16.8. The summed E-state index contributed by atoms with van der Waals surface area (Å²) >= 11 is 0. The first-order valence-electron chi connectivity index (χ1n) is 6.35. The molecule has 2 rings (SSSR count). The van der Waals surface area contributed by atoms with Gasteiger partial charge in [0.2, 0.25) is 0 Å². The van der Waals surface area contributed by atoms with E-state index in [9.17, 15) is 14.9 Å². The van der Waals surface area contributed by atoms with E-state index < -0.39 is 16.7 Å². The van der Waals surface area contributed by atoms with E-state index in [1.165, 1.54) is 32.4 Å². The van der Waals surface area contributed by atoms with Crippen LogP contribution in [0, 0.1) is 10.1 Å². The fourth-order valence-electron chi connectivity index (χ4n) is 1.71. The molecule has 9 nitrogen and oxygen atoms in total. The van der Waals surface area contributed by atoms with Crippen molar-refractivity contribution in [1.29, 1.82) is 0 Å². The van der Waals surface area contributed by atoms with Crippen molar-refractivity contribution >= 4 is 18.0 Å². The molecule has 0 spiro atoms. The summed E-state index contributed by atoms with van der Waals surface area (Å²) in [6.07, 6.45) is 1.16. The van der Waals surface area contributed by atoms with E-state index in [1.54, 1.807) is 12.1 Å². The zero-order valence-corrected chi connectivity index (χ0v) is 12.3. The number of nitrogens with zero attached hydrogens (tertiary/aromatic N) is 2. The first kappa shape index (κ1) is 16.0. The van der Waals surface area contributed by atoms with Crippen molar-refractivity contribution in [2.24, 2.45) is 5.10 Å². The molecule has 9 heteroatoms. The highest BCUT2D eigenvalue weighted by atomic mass is 16.6. The van der Waals surface area contributed by atoms with Crippen LogP contribution in [0.4, 0.5) is 5.88 Å². The third-order valence-corrected chi connectivity index (χ3v) is 2.80. The molecule has 1 N–H and O–H groups in total. The topological polar surface area (TPSA) is 116 Å². The Hall–Kier alpha value is -3.36. The quantitative estimate of drug-likeness (QED) is 0.494. The molecule has 0 saturated carbocycles. The standard InChI is InChI=1S/C14H13N3O6/c1-21-11-5-3-9(7-12(11)22-2)14(18)16-15-8-10-4-6-13(23-10)17(19)20/h3-8H,1-2H3,(H,16,18). The minimum absolute atomic E-state index is 0.143. The molecule has 0 aliphatic carbocycles. The number of carbonyl (C=O) groups is 1. The number of hydrazone groups is 1. The normalized spacial score (nSPS) is 10.5. The van der Waals surface area contributed by atoms with Gasteiger partial charge in [0.1, 0.15) is 4.92 Å². The second-order valence-corrected chi connectivity index (χ2v) is 4.20. The summed E-state index contributed by atoms with van der Waals surface area (Å²) in [4.78, 5) is 21.8. The van der Waals surface area contributed by atoms with Crippen LogP contribution in [-0.2, 0) is 0 Å². The monoisotopic (exact) mass is 319 g/mol. The fraction of sp³-hybridized carbons (Fsp3) is 0.143. The Labute approximate surface area is 130 Å². The molecule has 0 radical (unpaired) electrons. The van der Waals surface area contributed by atoms with Gasteiger partial charge < -0.3 is 13.9 Å². The highest BCUT2D eigenvalue weighted by Crippen LogP contribution is 2.27. The Balaban J connectivity index is 2.04. The lowest BCUT2D eigenvalue weighted by Gasteiger charge is -2.08. The molecular weight excluding hydrogens is 306 g/mol. The van der Waals surface area contributed by atoms with Gasteiger partial charge in [-0.15, -0.1) is 0 Å². The molecule has 120 valence electrons. The van der Waals surface area contributed by atoms with Crippen molar-refractivity contribution in [2.75, 3.05) is 14.2 Å². The lowest BCUT2D eigenvalue weighted by atomic mass is 10.2. The summed E-state index contributed by atoms with van der Waals surface area (Å²) in [5.74, 6) is 0.159. The Morgan fingerprint density at radius 1 is 1.26 bits per heavy atom. The first-order valence-corrected chi connectivity index (χ1v) is 6.35. The number of nitro groups is 1. The maximum atomic E-state index is 12.0. The van der Waals surface area contributed by atoms with Gasteiger partial charge in [0.25, 0.3) is 5.91 Å². The van der Waals surface area contributed by atoms with Gasteiger partial charge in [-0.2, -0.15) is 5.10 Å². The molecule has 1 amide bonds. The molecular formula is C14H13N3O6. The average molecular weight is 319 g/mol. The third kappa shape index (κ3) is 3.84. The summed E-state index contributed by atoms with van der Waals surface area (Å²) in [7, 11) is 2.95. The predicted octanol–water partition coefficient (Wildman–Crippen LogP) is 1.97. The molecule has 0 aliphatic heterocycles. The number of ether oxygens (including phenoxy) is 2. The Bertz CT molecular complexity index is 753. The van der Waals surface area contributed by atoms with Gasteiger partial charge in [-0.3, -0.25) is 14.9 Å². The molecule has 0 unspecified atom stereocenters. The van der Waals surface area contributed by atoms with Crippen LogP contribution in [0.2, 0.25) is 0 Å². The highest BCUT2D eigenvalue weighted by Gasteiger charge is 2.11. The average Bonchev–Trinajstić information content (AvgIpc) is 3.03. The van der Waals surface area contributed by atoms with Crippen LogP contribution in [0.5, 0.6) is 11.5 Å². The molecule has 1 aromatic carbocycles. The Morgan fingerprint density at radius 2 is 2.00 bits per heavy atom. The largest absolute Gasteiger partial charge is 0.493 e. The predicted molar refractivity (Wildman–Crippen MR) is 80.0 cm³/mol. The fourth-order valence-corrected chi connectivity index (χ4v) is 1.71. The zero-order valence-electron chi connectivity index (χ0n) is 12.3. The van der Waals surface area contributed by atoms with Gasteiger partial charge >= 0.3 is 5.88 Å². The van der Waals surface area contributed by atoms with E-state index in [1.807, 2.05) is 0 Å². The van der Waals surface area contributed by atoms with Gasteiger partial charge in [-0.1, -0.05) is 0 Å². The number of amides is 1. The second-order valence-electron chi connectivity index (χ2n) is 4.20. The van der Waals surface area contributed by atoms with E-state index in [2.05, 4.69) is 10.5 Å². The molecule has 0 aliphatic rings. The van der Waals surface area contributed by atoms with Crippen LogP contribution in [0.3, 0.4) is 0 Å². The summed E-state index contributed by atoms with van der Waals surface area (Å²) in [5, 5.41) is 14.1. The van der Waals surface area contributed by atoms with Crippen LogP contribution in [0.15, 0.2) is 39.9 Å². The molecule has 23 heavy (non-hydrogen) atoms. The third-order valence-electron chi connectivity index (χ3n) is 2.80. The van der Waals surface area contributed by atoms with Gasteiger partial charge in [-0.25, -0.2) is 5.43 Å². The molecule has 1 aromatic heterocycles. The Kier molecular flexibility index (Phi) is 4.92. The summed E-state index contributed by atoms with van der Waals surface area (Å²) in [6.45, 7) is 0. The van der Waals surface area contributed by atoms with Crippen LogP contribution >= 0.6 is 0 Å². The summed E-state index contributed by atoms with van der Waals surface area (Å²) < 4.78 is 15.0. The lowest BCUT2D eigenvalue weighted by Crippen LogP contribution is -2.17. The van der Waals surface area contributed by atoms with E-state index in [4.69, 9.17) is 13.9 Å². The number of furan rings is 1. The van der Waals surface area contributed by atoms with E-state index in [-0.39, 0.29) is 5.76 Å². The molecule has 2 aromatic rings. The maximum Gasteiger partial charge on any atom is 0.433 e. The SMILES string of the molecule is COc1ccc(C(=O)NN=Cc2ccc([N+](=O)[O-])o2)cc1OC. The van der Waals surface area contributed by atoms with Gasteiger partial charge in [0.05, 0.1) is 26.5 Å². The highest BCUT2D eigenvalue weighted by molar-refractivity contribution is 5.95. The van der Waals surface area contributed by atoms with Crippen LogP contribution < -0.4 is 14.9 Å². The number of hydrogen-bond donors (Lipinski definition) is 1. The van der Waals surface area contributed by atoms with E-state index in [0.717, 1.165) is 6.21 Å². The lowest BCUT2D eigenvalue weighted by molar-refractivity contribution is -0.402. The van der Waals surface area contributed by atoms with Crippen molar-refractivity contribution in [1.82, 2.24) is 5.43 Å². The van der Waals surface area contributed by atoms with Gasteiger partial charge in [0.15, 0.2) is 17.3 Å². The summed E-state index contributed by atoms with van der Waals surface area (Å²) in [5.41, 5.74) is 2.59. The molecule has 0 atom stereocenters. The van der Waals surface area contributed by atoms with Crippen LogP contribution in [0.1, 0.15) is 16.1 Å². The molecule has 0 saturated heterocycles. The van der Waals surface area contributed by atoms with Gasteiger partial charge in [0, 0.05) is 5.56 Å². The van der Waals surface area contributed by atoms with Crippen molar-refractivity contribution in [3.63, 3.8) is 0 Å². The molecule has 0 bridgehead atoms. The number of methoxy groups -OCH3 is 2. The number of benzene rings is 1. The van der Waals surface area contributed by atoms with Crippen molar-refractivity contribution < 1.29 is 23.6 Å². The molecule has 0 fully saturated rings. The smallest absolute Gasteiger partial charge is 0.433 e. The minimum atomic E-state index is -0.667. The Morgan fingerprint density at radius 3 is 2.61 bits per heavy atom. The van der Waals surface area contributed by atoms with Crippen molar-refractivity contribution in [3.8, 4) is 11.5 Å². The number of nitrogens with one attached hydrogen (secondary N) is 1. The van der Waals surface area contributed by atoms with E-state index >= 15 is 0 Å². The van der Waals surface area contributed by atoms with E-state index in [0.29, 0.717) is 17.1 Å². The van der Waals surface area contributed by atoms with Crippen molar-refractivity contribution in [2.45, 2.75) is 0 Å². The van der Waals surface area contributed by atoms with Crippen LogP contribution in [0.25, 0.3) is 0 Å². The summed E-state index contributed by atoms with van der Waals surface area (Å²) in [6, 6.07) is 7.19. The van der Waals surface area contributed by atoms with Crippen LogP contribution in [-0.4, -0.2) is 31.3 Å². The number of carbonyl (C=O) groups excluding carboxylic acids is 1. The second kappa shape index (κ2) is 7.07. The maximum absolute atomic E-state index is 12.0. The minimum Gasteiger partial charge on any atom is -0.493 e. The van der Waals surface area contributed by atoms with Crippen molar-refractivity contribution in [3.05, 3.63) is 51.8 Å². The number of rotatable bonds is 6. The number of hydrogen-bond acceptors (Lipinski definition) is 7. The first-order chi connectivity index (χ1) is 11.0.